The molecule has 1 saturated carbocycles. The van der Waals surface area contributed by atoms with Crippen molar-refractivity contribution in [2.24, 2.45) is 0 Å². The number of rotatable bonds is 6. The third kappa shape index (κ3) is 4.16. The van der Waals surface area contributed by atoms with Crippen LogP contribution >= 0.6 is 0 Å². The normalized spacial score (nSPS) is 18.5. The number of anilines is 1. The molecule has 2 aliphatic rings. The van der Waals surface area contributed by atoms with Crippen LogP contribution in [0.25, 0.3) is 22.2 Å². The van der Waals surface area contributed by atoms with Gasteiger partial charge in [0.05, 0.1) is 41.6 Å². The van der Waals surface area contributed by atoms with Gasteiger partial charge < -0.3 is 19.5 Å². The zero-order chi connectivity index (χ0) is 22.9. The topological polar surface area (TPSA) is 98.1 Å². The number of carbonyl (C=O) groups excluding carboxylic acids is 1. The van der Waals surface area contributed by atoms with Crippen LogP contribution in [0.5, 0.6) is 0 Å². The summed E-state index contributed by atoms with van der Waals surface area (Å²) in [7, 11) is 1.61. The van der Waals surface area contributed by atoms with Gasteiger partial charge in [-0.2, -0.15) is 5.26 Å². The smallest absolute Gasteiger partial charge is 0.225 e. The Hall–Kier alpha value is -3.44. The molecular weight excluding hydrogens is 416 g/mol. The molecule has 8 nitrogen and oxygen atoms in total. The third-order valence-electron chi connectivity index (χ3n) is 6.62. The van der Waals surface area contributed by atoms with Gasteiger partial charge in [-0.05, 0) is 43.5 Å². The summed E-state index contributed by atoms with van der Waals surface area (Å²) in [4.78, 5) is 29.2. The van der Waals surface area contributed by atoms with Crippen LogP contribution in [0.1, 0.15) is 43.4 Å². The van der Waals surface area contributed by atoms with Gasteiger partial charge in [0.1, 0.15) is 11.9 Å². The number of imidazole rings is 1. The Kier molecular flexibility index (Phi) is 5.73. The highest BCUT2D eigenvalue weighted by Gasteiger charge is 2.33. The summed E-state index contributed by atoms with van der Waals surface area (Å²) in [6.45, 7) is 4.42. The molecule has 8 heteroatoms. The average molecular weight is 445 g/mol. The summed E-state index contributed by atoms with van der Waals surface area (Å²) in [5, 5.41) is 10.00. The van der Waals surface area contributed by atoms with Crippen molar-refractivity contribution < 1.29 is 9.53 Å². The van der Waals surface area contributed by atoms with E-state index in [4.69, 9.17) is 9.72 Å². The molecule has 1 saturated heterocycles. The van der Waals surface area contributed by atoms with E-state index in [2.05, 4.69) is 40.0 Å². The van der Waals surface area contributed by atoms with Gasteiger partial charge in [0, 0.05) is 44.3 Å². The lowest BCUT2D eigenvalue weighted by atomic mass is 9.98. The van der Waals surface area contributed by atoms with E-state index in [1.54, 1.807) is 13.4 Å². The minimum absolute atomic E-state index is 0.0440. The van der Waals surface area contributed by atoms with E-state index in [0.29, 0.717) is 44.1 Å². The molecule has 170 valence electrons. The van der Waals surface area contributed by atoms with Gasteiger partial charge in [-0.3, -0.25) is 4.79 Å². The molecular formula is C25H28N6O2. The zero-order valence-corrected chi connectivity index (χ0v) is 19.0. The number of fused-ring (bicyclic) bond motifs is 1. The lowest BCUT2D eigenvalue weighted by Gasteiger charge is -2.41. The second-order valence-corrected chi connectivity index (χ2v) is 8.94. The predicted octanol–water partition coefficient (Wildman–Crippen LogP) is 3.45. The monoisotopic (exact) mass is 444 g/mol. The quantitative estimate of drug-likeness (QED) is 0.625. The molecule has 2 aromatic heterocycles. The van der Waals surface area contributed by atoms with Crippen LogP contribution < -0.4 is 4.90 Å². The number of hydrogen-bond acceptors (Lipinski definition) is 6. The summed E-state index contributed by atoms with van der Waals surface area (Å²) in [6, 6.07) is 10.6. The van der Waals surface area contributed by atoms with Crippen molar-refractivity contribution in [3.8, 4) is 17.2 Å². The standard InChI is InChI=1S/C25H28N6O2/c1-16-14-30(8-9-31(16)23(32)7-10-33-2)25-19(13-26)11-20(24(29-25)17-3-4-17)18-5-6-21-22(12-18)28-15-27-21/h5-6,11-12,15-17H,3-4,7-10,14H2,1-2H3,(H,27,28). The van der Waals surface area contributed by atoms with Crippen LogP contribution in [0.2, 0.25) is 0 Å². The first kappa shape index (κ1) is 21.4. The van der Waals surface area contributed by atoms with Crippen LogP contribution in [0.3, 0.4) is 0 Å². The number of aromatic nitrogens is 3. The molecule has 2 fully saturated rings. The predicted molar refractivity (Wildman–Crippen MR) is 126 cm³/mol. The van der Waals surface area contributed by atoms with E-state index in [0.717, 1.165) is 46.5 Å². The number of ether oxygens (including phenoxy) is 1. The molecule has 1 unspecified atom stereocenters. The van der Waals surface area contributed by atoms with E-state index in [9.17, 15) is 10.1 Å². The number of hydrogen-bond donors (Lipinski definition) is 1. The maximum Gasteiger partial charge on any atom is 0.225 e. The molecule has 3 aromatic rings. The molecule has 0 spiro atoms. The second-order valence-electron chi connectivity index (χ2n) is 8.94. The molecule has 3 heterocycles. The number of piperazine rings is 1. The molecule has 0 radical (unpaired) electrons. The van der Waals surface area contributed by atoms with Crippen LogP contribution in [0.15, 0.2) is 30.6 Å². The highest BCUT2D eigenvalue weighted by Crippen LogP contribution is 2.45. The fourth-order valence-electron chi connectivity index (χ4n) is 4.69. The minimum atomic E-state index is 0.0440. The Morgan fingerprint density at radius 1 is 1.30 bits per heavy atom. The van der Waals surface area contributed by atoms with Gasteiger partial charge in [-0.25, -0.2) is 9.97 Å². The number of benzene rings is 1. The van der Waals surface area contributed by atoms with E-state index in [1.165, 1.54) is 0 Å². The highest BCUT2D eigenvalue weighted by atomic mass is 16.5. The number of methoxy groups -OCH3 is 1. The van der Waals surface area contributed by atoms with Crippen molar-refractivity contribution in [2.45, 2.75) is 38.1 Å². The number of pyridine rings is 1. The van der Waals surface area contributed by atoms with Crippen LogP contribution in [-0.2, 0) is 9.53 Å². The zero-order valence-electron chi connectivity index (χ0n) is 19.0. The lowest BCUT2D eigenvalue weighted by molar-refractivity contribution is -0.134. The Balaban J connectivity index is 1.46. The second kappa shape index (κ2) is 8.83. The summed E-state index contributed by atoms with van der Waals surface area (Å²) in [6.07, 6.45) is 4.32. The van der Waals surface area contributed by atoms with E-state index >= 15 is 0 Å². The van der Waals surface area contributed by atoms with Gasteiger partial charge in [0.25, 0.3) is 0 Å². The van der Waals surface area contributed by atoms with Gasteiger partial charge in [-0.15, -0.1) is 0 Å². The summed E-state index contributed by atoms with van der Waals surface area (Å²) in [5.74, 6) is 1.27. The summed E-state index contributed by atoms with van der Waals surface area (Å²) in [5.41, 5.74) is 5.58. The number of H-pyrrole nitrogens is 1. The van der Waals surface area contributed by atoms with E-state index in [-0.39, 0.29) is 11.9 Å². The van der Waals surface area contributed by atoms with Crippen molar-refractivity contribution >= 4 is 22.8 Å². The van der Waals surface area contributed by atoms with Gasteiger partial charge in [-0.1, -0.05) is 6.07 Å². The highest BCUT2D eigenvalue weighted by molar-refractivity contribution is 5.83. The lowest BCUT2D eigenvalue weighted by Crippen LogP contribution is -2.54. The van der Waals surface area contributed by atoms with E-state index < -0.39 is 0 Å². The maximum atomic E-state index is 12.5. The fraction of sp³-hybridized carbons (Fsp3) is 0.440. The van der Waals surface area contributed by atoms with Crippen LogP contribution in [0, 0.1) is 11.3 Å². The average Bonchev–Trinajstić information content (AvgIpc) is 3.58. The van der Waals surface area contributed by atoms with Gasteiger partial charge in [0.2, 0.25) is 5.91 Å². The Labute approximate surface area is 193 Å². The first-order valence-electron chi connectivity index (χ1n) is 11.5. The number of aromatic amines is 1. The fourth-order valence-corrected chi connectivity index (χ4v) is 4.69. The first-order chi connectivity index (χ1) is 16.1. The van der Waals surface area contributed by atoms with Crippen molar-refractivity contribution in [1.82, 2.24) is 19.9 Å². The SMILES string of the molecule is COCCC(=O)N1CCN(c2nc(C3CC3)c(-c3ccc4[nH]cnc4c3)cc2C#N)CC1C. The molecule has 1 aromatic carbocycles. The molecule has 33 heavy (non-hydrogen) atoms. The minimum Gasteiger partial charge on any atom is -0.384 e. The number of amides is 1. The van der Waals surface area contributed by atoms with Crippen molar-refractivity contribution in [1.29, 1.82) is 5.26 Å². The molecule has 1 aliphatic carbocycles. The molecule has 5 rings (SSSR count). The molecule has 0 bridgehead atoms. The number of nitrogens with one attached hydrogen (secondary N) is 1. The first-order valence-corrected chi connectivity index (χ1v) is 11.5. The van der Waals surface area contributed by atoms with Crippen molar-refractivity contribution in [3.63, 3.8) is 0 Å². The number of nitriles is 1. The van der Waals surface area contributed by atoms with Crippen molar-refractivity contribution in [3.05, 3.63) is 41.9 Å². The molecule has 1 aliphatic heterocycles. The molecule has 1 N–H and O–H groups in total. The maximum absolute atomic E-state index is 12.5. The Bertz CT molecular complexity index is 1230. The summed E-state index contributed by atoms with van der Waals surface area (Å²) < 4.78 is 5.06. The largest absolute Gasteiger partial charge is 0.384 e. The number of nitrogens with zero attached hydrogens (tertiary/aromatic N) is 5. The summed E-state index contributed by atoms with van der Waals surface area (Å²) >= 11 is 0. The van der Waals surface area contributed by atoms with Gasteiger partial charge in [0.15, 0.2) is 0 Å². The van der Waals surface area contributed by atoms with E-state index in [1.807, 2.05) is 17.0 Å². The Morgan fingerprint density at radius 2 is 2.15 bits per heavy atom. The molecule has 1 amide bonds. The van der Waals surface area contributed by atoms with Crippen molar-refractivity contribution in [2.75, 3.05) is 38.3 Å². The third-order valence-corrected chi connectivity index (χ3v) is 6.62. The van der Waals surface area contributed by atoms with Crippen LogP contribution in [-0.4, -0.2) is 65.2 Å². The number of carbonyl (C=O) groups is 1. The van der Waals surface area contributed by atoms with Crippen LogP contribution in [0.4, 0.5) is 5.82 Å². The molecule has 1 atom stereocenters. The Morgan fingerprint density at radius 3 is 2.88 bits per heavy atom. The van der Waals surface area contributed by atoms with Gasteiger partial charge >= 0.3 is 0 Å².